The van der Waals surface area contributed by atoms with Crippen molar-refractivity contribution in [1.82, 2.24) is 14.7 Å². The predicted molar refractivity (Wildman–Crippen MR) is 102 cm³/mol. The molecule has 1 aromatic carbocycles. The number of likely N-dealkylation sites (tertiary alicyclic amines) is 2. The molecule has 1 atom stereocenters. The third-order valence-corrected chi connectivity index (χ3v) is 5.75. The molecule has 27 heavy (non-hydrogen) atoms. The molecule has 0 aliphatic carbocycles. The normalized spacial score (nSPS) is 20.9. The standard InChI is InChI=1S/C21H30FN3O2/c1-2-24(14-13-23-11-5-6-12-23)21(27)18-9-10-20(26)25(16-18)15-17-7-3-4-8-19(17)22/h3-4,7-8,18H,2,5-6,9-16H2,1H3/t18-/m0/s1. The van der Waals surface area contributed by atoms with Gasteiger partial charge in [-0.1, -0.05) is 18.2 Å². The van der Waals surface area contributed by atoms with E-state index in [0.717, 1.165) is 26.2 Å². The topological polar surface area (TPSA) is 43.9 Å². The van der Waals surface area contributed by atoms with E-state index in [-0.39, 0.29) is 30.1 Å². The number of nitrogens with zero attached hydrogens (tertiary/aromatic N) is 3. The molecule has 0 saturated carbocycles. The molecule has 1 aromatic rings. The van der Waals surface area contributed by atoms with E-state index >= 15 is 0 Å². The quantitative estimate of drug-likeness (QED) is 0.736. The van der Waals surface area contributed by atoms with Crippen LogP contribution in [0.15, 0.2) is 24.3 Å². The average molecular weight is 375 g/mol. The van der Waals surface area contributed by atoms with Crippen LogP contribution in [-0.2, 0) is 16.1 Å². The number of carbonyl (C=O) groups excluding carboxylic acids is 2. The first-order valence-corrected chi connectivity index (χ1v) is 10.1. The van der Waals surface area contributed by atoms with Crippen LogP contribution in [0.5, 0.6) is 0 Å². The third-order valence-electron chi connectivity index (χ3n) is 5.75. The fourth-order valence-corrected chi connectivity index (χ4v) is 4.05. The summed E-state index contributed by atoms with van der Waals surface area (Å²) in [5.41, 5.74) is 0.500. The van der Waals surface area contributed by atoms with Crippen LogP contribution in [0.4, 0.5) is 4.39 Å². The fraction of sp³-hybridized carbons (Fsp3) is 0.619. The van der Waals surface area contributed by atoms with E-state index in [9.17, 15) is 14.0 Å². The summed E-state index contributed by atoms with van der Waals surface area (Å²) in [4.78, 5) is 31.3. The van der Waals surface area contributed by atoms with E-state index < -0.39 is 0 Å². The zero-order valence-electron chi connectivity index (χ0n) is 16.2. The molecule has 0 spiro atoms. The number of benzene rings is 1. The Morgan fingerprint density at radius 1 is 1.26 bits per heavy atom. The van der Waals surface area contributed by atoms with E-state index in [0.29, 0.717) is 31.5 Å². The molecular weight excluding hydrogens is 345 g/mol. The Labute approximate surface area is 161 Å². The summed E-state index contributed by atoms with van der Waals surface area (Å²) < 4.78 is 13.9. The first-order valence-electron chi connectivity index (χ1n) is 10.1. The second kappa shape index (κ2) is 9.31. The second-order valence-electron chi connectivity index (χ2n) is 7.57. The molecule has 6 heteroatoms. The van der Waals surface area contributed by atoms with Gasteiger partial charge in [0.2, 0.25) is 11.8 Å². The molecule has 0 unspecified atom stereocenters. The highest BCUT2D eigenvalue weighted by Gasteiger charge is 2.32. The zero-order chi connectivity index (χ0) is 19.2. The molecule has 2 saturated heterocycles. The Balaban J connectivity index is 1.58. The molecule has 2 amide bonds. The van der Waals surface area contributed by atoms with Crippen LogP contribution in [0.2, 0.25) is 0 Å². The van der Waals surface area contributed by atoms with Gasteiger partial charge in [0.15, 0.2) is 0 Å². The van der Waals surface area contributed by atoms with Gasteiger partial charge in [-0.2, -0.15) is 0 Å². The minimum Gasteiger partial charge on any atom is -0.341 e. The van der Waals surface area contributed by atoms with Crippen molar-refractivity contribution < 1.29 is 14.0 Å². The van der Waals surface area contributed by atoms with Crippen LogP contribution in [0.3, 0.4) is 0 Å². The maximum Gasteiger partial charge on any atom is 0.227 e. The number of rotatable bonds is 7. The summed E-state index contributed by atoms with van der Waals surface area (Å²) in [5.74, 6) is -0.363. The highest BCUT2D eigenvalue weighted by molar-refractivity contribution is 5.84. The van der Waals surface area contributed by atoms with E-state index in [4.69, 9.17) is 0 Å². The van der Waals surface area contributed by atoms with Crippen molar-refractivity contribution in [3.63, 3.8) is 0 Å². The van der Waals surface area contributed by atoms with Crippen LogP contribution in [0.25, 0.3) is 0 Å². The lowest BCUT2D eigenvalue weighted by atomic mass is 9.95. The molecule has 148 valence electrons. The predicted octanol–water partition coefficient (Wildman–Crippen LogP) is 2.51. The number of halogens is 1. The van der Waals surface area contributed by atoms with Crippen molar-refractivity contribution in [3.8, 4) is 0 Å². The zero-order valence-corrected chi connectivity index (χ0v) is 16.2. The Kier molecular flexibility index (Phi) is 6.83. The van der Waals surface area contributed by atoms with Crippen LogP contribution in [-0.4, -0.2) is 65.8 Å². The first kappa shape index (κ1) is 19.8. The highest BCUT2D eigenvalue weighted by Crippen LogP contribution is 2.22. The van der Waals surface area contributed by atoms with Crippen LogP contribution < -0.4 is 0 Å². The Bertz CT molecular complexity index is 661. The molecule has 0 radical (unpaired) electrons. The van der Waals surface area contributed by atoms with E-state index in [1.54, 1.807) is 23.1 Å². The number of hydrogen-bond donors (Lipinski definition) is 0. The third kappa shape index (κ3) is 5.06. The van der Waals surface area contributed by atoms with Crippen molar-refractivity contribution in [1.29, 1.82) is 0 Å². The summed E-state index contributed by atoms with van der Waals surface area (Å²) in [6, 6.07) is 6.52. The van der Waals surface area contributed by atoms with Gasteiger partial charge in [-0.3, -0.25) is 9.59 Å². The molecule has 0 aromatic heterocycles. The number of hydrogen-bond acceptors (Lipinski definition) is 3. The van der Waals surface area contributed by atoms with E-state index in [1.807, 2.05) is 11.8 Å². The summed E-state index contributed by atoms with van der Waals surface area (Å²) >= 11 is 0. The van der Waals surface area contributed by atoms with Gasteiger partial charge >= 0.3 is 0 Å². The Morgan fingerprint density at radius 3 is 2.70 bits per heavy atom. The van der Waals surface area contributed by atoms with Crippen LogP contribution >= 0.6 is 0 Å². The molecule has 2 aliphatic heterocycles. The lowest BCUT2D eigenvalue weighted by Crippen LogP contribution is -2.48. The highest BCUT2D eigenvalue weighted by atomic mass is 19.1. The van der Waals surface area contributed by atoms with Gasteiger partial charge < -0.3 is 14.7 Å². The van der Waals surface area contributed by atoms with Gasteiger partial charge in [0.1, 0.15) is 5.82 Å². The van der Waals surface area contributed by atoms with Gasteiger partial charge in [-0.05, 0) is 45.3 Å². The minimum atomic E-state index is -0.306. The van der Waals surface area contributed by atoms with Crippen molar-refractivity contribution in [2.75, 3.05) is 39.3 Å². The number of amides is 2. The average Bonchev–Trinajstić information content (AvgIpc) is 3.19. The largest absolute Gasteiger partial charge is 0.341 e. The first-order chi connectivity index (χ1) is 13.1. The molecule has 5 nitrogen and oxygen atoms in total. The maximum absolute atomic E-state index is 13.9. The van der Waals surface area contributed by atoms with Gasteiger partial charge in [0.05, 0.1) is 5.92 Å². The lowest BCUT2D eigenvalue weighted by Gasteiger charge is -2.35. The molecule has 0 N–H and O–H groups in total. The van der Waals surface area contributed by atoms with E-state index in [2.05, 4.69) is 4.90 Å². The number of likely N-dealkylation sites (N-methyl/N-ethyl adjacent to an activating group) is 1. The van der Waals surface area contributed by atoms with Gasteiger partial charge in [0.25, 0.3) is 0 Å². The summed E-state index contributed by atoms with van der Waals surface area (Å²) in [5, 5.41) is 0. The van der Waals surface area contributed by atoms with Gasteiger partial charge in [-0.15, -0.1) is 0 Å². The lowest BCUT2D eigenvalue weighted by molar-refractivity contribution is -0.143. The van der Waals surface area contributed by atoms with Crippen molar-refractivity contribution >= 4 is 11.8 Å². The molecule has 0 bridgehead atoms. The minimum absolute atomic E-state index is 0.00224. The summed E-state index contributed by atoms with van der Waals surface area (Å²) in [7, 11) is 0. The molecular formula is C21H30FN3O2. The van der Waals surface area contributed by atoms with Gasteiger partial charge in [-0.25, -0.2) is 4.39 Å². The summed E-state index contributed by atoms with van der Waals surface area (Å²) in [6.45, 7) is 7.22. The maximum atomic E-state index is 13.9. The van der Waals surface area contributed by atoms with Crippen LogP contribution in [0.1, 0.15) is 38.2 Å². The Hall–Kier alpha value is -1.95. The molecule has 2 aliphatic rings. The summed E-state index contributed by atoms with van der Waals surface area (Å²) in [6.07, 6.45) is 3.44. The monoisotopic (exact) mass is 375 g/mol. The van der Waals surface area contributed by atoms with Crippen molar-refractivity contribution in [3.05, 3.63) is 35.6 Å². The number of piperidine rings is 1. The number of carbonyl (C=O) groups is 2. The van der Waals surface area contributed by atoms with Gasteiger partial charge in [0, 0.05) is 44.7 Å². The van der Waals surface area contributed by atoms with Crippen molar-refractivity contribution in [2.45, 2.75) is 39.2 Å². The van der Waals surface area contributed by atoms with Crippen molar-refractivity contribution in [2.24, 2.45) is 5.92 Å². The molecule has 3 rings (SSSR count). The Morgan fingerprint density at radius 2 is 2.00 bits per heavy atom. The van der Waals surface area contributed by atoms with E-state index in [1.165, 1.54) is 18.9 Å². The smallest absolute Gasteiger partial charge is 0.227 e. The molecule has 2 fully saturated rings. The molecule has 2 heterocycles. The SMILES string of the molecule is CCN(CCN1CCCC1)C(=O)[C@H]1CCC(=O)N(Cc2ccccc2F)C1. The second-order valence-corrected chi connectivity index (χ2v) is 7.57. The van der Waals surface area contributed by atoms with Crippen LogP contribution in [0, 0.1) is 11.7 Å². The fourth-order valence-electron chi connectivity index (χ4n) is 4.05.